The molecular formula is C15H11N3O2. The first-order chi connectivity index (χ1) is 9.74. The third-order valence-electron chi connectivity index (χ3n) is 3.01. The molecule has 0 aliphatic carbocycles. The fraction of sp³-hybridized carbons (Fsp3) is 0. The van der Waals surface area contributed by atoms with Crippen molar-refractivity contribution in [3.05, 3.63) is 70.9 Å². The number of aromatic nitrogens is 1. The highest BCUT2D eigenvalue weighted by Gasteiger charge is 2.06. The standard InChI is InChI=1S/C15H11N3O2/c19-18(20)12-8-9-15(16-10-12)17-14-7-3-5-11-4-1-2-6-13(11)14/h1-10H,(H,16,17). The molecule has 20 heavy (non-hydrogen) atoms. The van der Waals surface area contributed by atoms with Crippen LogP contribution in [0, 0.1) is 10.1 Å². The maximum absolute atomic E-state index is 10.6. The van der Waals surface area contributed by atoms with Gasteiger partial charge in [0.1, 0.15) is 12.0 Å². The number of fused-ring (bicyclic) bond motifs is 1. The molecule has 0 radical (unpaired) electrons. The number of nitro groups is 1. The highest BCUT2D eigenvalue weighted by atomic mass is 16.6. The van der Waals surface area contributed by atoms with Crippen LogP contribution in [0.5, 0.6) is 0 Å². The number of hydrogen-bond donors (Lipinski definition) is 1. The number of hydrogen-bond acceptors (Lipinski definition) is 4. The van der Waals surface area contributed by atoms with Gasteiger partial charge in [0.05, 0.1) is 4.92 Å². The summed E-state index contributed by atoms with van der Waals surface area (Å²) in [6.07, 6.45) is 1.24. The van der Waals surface area contributed by atoms with Gasteiger partial charge in [-0.3, -0.25) is 10.1 Å². The van der Waals surface area contributed by atoms with Gasteiger partial charge in [-0.25, -0.2) is 4.98 Å². The number of benzene rings is 2. The summed E-state index contributed by atoms with van der Waals surface area (Å²) in [6.45, 7) is 0. The van der Waals surface area contributed by atoms with Crippen LogP contribution in [0.25, 0.3) is 10.8 Å². The molecule has 1 N–H and O–H groups in total. The molecule has 0 amide bonds. The molecule has 1 aromatic heterocycles. The van der Waals surface area contributed by atoms with Crippen molar-refractivity contribution >= 4 is 28.0 Å². The molecule has 0 fully saturated rings. The Morgan fingerprint density at radius 2 is 1.80 bits per heavy atom. The highest BCUT2D eigenvalue weighted by Crippen LogP contribution is 2.25. The van der Waals surface area contributed by atoms with Gasteiger partial charge in [0, 0.05) is 17.1 Å². The molecule has 0 bridgehead atoms. The first-order valence-corrected chi connectivity index (χ1v) is 6.09. The summed E-state index contributed by atoms with van der Waals surface area (Å²) in [4.78, 5) is 14.2. The Kier molecular flexibility index (Phi) is 3.01. The summed E-state index contributed by atoms with van der Waals surface area (Å²) in [5.41, 5.74) is 0.901. The van der Waals surface area contributed by atoms with Crippen molar-refractivity contribution in [3.8, 4) is 0 Å². The molecule has 0 aliphatic rings. The van der Waals surface area contributed by atoms with Crippen LogP contribution in [0.1, 0.15) is 0 Å². The second-order valence-electron chi connectivity index (χ2n) is 4.31. The molecule has 0 atom stereocenters. The molecule has 98 valence electrons. The summed E-state index contributed by atoms with van der Waals surface area (Å²) < 4.78 is 0. The van der Waals surface area contributed by atoms with Crippen LogP contribution < -0.4 is 5.32 Å². The number of anilines is 2. The zero-order valence-corrected chi connectivity index (χ0v) is 10.5. The third kappa shape index (κ3) is 2.29. The number of pyridine rings is 1. The minimum absolute atomic E-state index is 0.0199. The molecule has 3 aromatic rings. The van der Waals surface area contributed by atoms with Crippen molar-refractivity contribution in [2.45, 2.75) is 0 Å². The van der Waals surface area contributed by atoms with Crippen molar-refractivity contribution in [3.63, 3.8) is 0 Å². The van der Waals surface area contributed by atoms with Crippen LogP contribution in [-0.4, -0.2) is 9.91 Å². The van der Waals surface area contributed by atoms with Gasteiger partial charge in [0.15, 0.2) is 0 Å². The molecule has 0 unspecified atom stereocenters. The normalized spacial score (nSPS) is 10.4. The van der Waals surface area contributed by atoms with E-state index in [-0.39, 0.29) is 5.69 Å². The number of nitrogens with one attached hydrogen (secondary N) is 1. The maximum atomic E-state index is 10.6. The quantitative estimate of drug-likeness (QED) is 0.576. The third-order valence-corrected chi connectivity index (χ3v) is 3.01. The van der Waals surface area contributed by atoms with Crippen molar-refractivity contribution in [1.29, 1.82) is 0 Å². The number of nitrogens with zero attached hydrogens (tertiary/aromatic N) is 2. The van der Waals surface area contributed by atoms with Crippen molar-refractivity contribution in [1.82, 2.24) is 4.98 Å². The Labute approximate surface area is 115 Å². The first-order valence-electron chi connectivity index (χ1n) is 6.09. The van der Waals surface area contributed by atoms with Gasteiger partial charge in [0.2, 0.25) is 0 Å². The van der Waals surface area contributed by atoms with E-state index in [0.29, 0.717) is 5.82 Å². The van der Waals surface area contributed by atoms with Crippen LogP contribution >= 0.6 is 0 Å². The minimum Gasteiger partial charge on any atom is -0.340 e. The average Bonchev–Trinajstić information content (AvgIpc) is 2.48. The van der Waals surface area contributed by atoms with Gasteiger partial charge < -0.3 is 5.32 Å². The van der Waals surface area contributed by atoms with E-state index in [9.17, 15) is 10.1 Å². The predicted molar refractivity (Wildman–Crippen MR) is 78.1 cm³/mol. The molecule has 3 rings (SSSR count). The Balaban J connectivity index is 1.95. The van der Waals surface area contributed by atoms with Gasteiger partial charge in [-0.2, -0.15) is 0 Å². The number of rotatable bonds is 3. The summed E-state index contributed by atoms with van der Waals surface area (Å²) in [5.74, 6) is 0.576. The van der Waals surface area contributed by atoms with Crippen LogP contribution in [-0.2, 0) is 0 Å². The van der Waals surface area contributed by atoms with Crippen LogP contribution in [0.2, 0.25) is 0 Å². The Hall–Kier alpha value is -2.95. The monoisotopic (exact) mass is 265 g/mol. The smallest absolute Gasteiger partial charge is 0.287 e. The van der Waals surface area contributed by atoms with Gasteiger partial charge in [-0.05, 0) is 17.5 Å². The van der Waals surface area contributed by atoms with E-state index in [2.05, 4.69) is 10.3 Å². The molecule has 0 saturated carbocycles. The van der Waals surface area contributed by atoms with E-state index in [4.69, 9.17) is 0 Å². The van der Waals surface area contributed by atoms with E-state index < -0.39 is 4.92 Å². The lowest BCUT2D eigenvalue weighted by molar-refractivity contribution is -0.385. The molecule has 0 aliphatic heterocycles. The van der Waals surface area contributed by atoms with E-state index in [1.54, 1.807) is 6.07 Å². The molecule has 5 nitrogen and oxygen atoms in total. The van der Waals surface area contributed by atoms with E-state index in [1.165, 1.54) is 12.3 Å². The first kappa shape index (κ1) is 12.1. The average molecular weight is 265 g/mol. The van der Waals surface area contributed by atoms with Gasteiger partial charge >= 0.3 is 0 Å². The van der Waals surface area contributed by atoms with Gasteiger partial charge in [-0.1, -0.05) is 36.4 Å². The molecule has 5 heteroatoms. The lowest BCUT2D eigenvalue weighted by Gasteiger charge is -2.08. The van der Waals surface area contributed by atoms with E-state index in [0.717, 1.165) is 16.5 Å². The fourth-order valence-electron chi connectivity index (χ4n) is 2.04. The predicted octanol–water partition coefficient (Wildman–Crippen LogP) is 3.89. The highest BCUT2D eigenvalue weighted by molar-refractivity contribution is 5.95. The Bertz CT molecular complexity index is 764. The topological polar surface area (TPSA) is 68.1 Å². The van der Waals surface area contributed by atoms with Crippen LogP contribution in [0.4, 0.5) is 17.2 Å². The van der Waals surface area contributed by atoms with Gasteiger partial charge in [-0.15, -0.1) is 0 Å². The van der Waals surface area contributed by atoms with E-state index >= 15 is 0 Å². The maximum Gasteiger partial charge on any atom is 0.287 e. The Morgan fingerprint density at radius 1 is 1.00 bits per heavy atom. The molecule has 1 heterocycles. The lowest BCUT2D eigenvalue weighted by atomic mass is 10.1. The summed E-state index contributed by atoms with van der Waals surface area (Å²) in [5, 5.41) is 16.0. The zero-order chi connectivity index (χ0) is 13.9. The van der Waals surface area contributed by atoms with Crippen LogP contribution in [0.15, 0.2) is 60.8 Å². The van der Waals surface area contributed by atoms with Gasteiger partial charge in [0.25, 0.3) is 5.69 Å². The SMILES string of the molecule is O=[N+]([O-])c1ccc(Nc2cccc3ccccc23)nc1. The zero-order valence-electron chi connectivity index (χ0n) is 10.5. The van der Waals surface area contributed by atoms with E-state index in [1.807, 2.05) is 42.5 Å². The van der Waals surface area contributed by atoms with Crippen molar-refractivity contribution in [2.24, 2.45) is 0 Å². The summed E-state index contributed by atoms with van der Waals surface area (Å²) in [7, 11) is 0. The second kappa shape index (κ2) is 4.97. The largest absolute Gasteiger partial charge is 0.340 e. The molecular weight excluding hydrogens is 254 g/mol. The second-order valence-corrected chi connectivity index (χ2v) is 4.31. The van der Waals surface area contributed by atoms with Crippen LogP contribution in [0.3, 0.4) is 0 Å². The molecule has 0 saturated heterocycles. The fourth-order valence-corrected chi connectivity index (χ4v) is 2.04. The minimum atomic E-state index is -0.464. The molecule has 2 aromatic carbocycles. The van der Waals surface area contributed by atoms with Crippen molar-refractivity contribution < 1.29 is 4.92 Å². The lowest BCUT2D eigenvalue weighted by Crippen LogP contribution is -1.95. The van der Waals surface area contributed by atoms with Crippen molar-refractivity contribution in [2.75, 3.05) is 5.32 Å². The summed E-state index contributed by atoms with van der Waals surface area (Å²) >= 11 is 0. The Morgan fingerprint density at radius 3 is 2.55 bits per heavy atom. The summed E-state index contributed by atoms with van der Waals surface area (Å²) in [6, 6.07) is 17.0. The molecule has 0 spiro atoms.